The van der Waals surface area contributed by atoms with E-state index < -0.39 is 0 Å². The molecule has 1 aromatic carbocycles. The zero-order chi connectivity index (χ0) is 13.1. The fourth-order valence-corrected chi connectivity index (χ4v) is 2.60. The van der Waals surface area contributed by atoms with Gasteiger partial charge >= 0.3 is 0 Å². The van der Waals surface area contributed by atoms with Crippen LogP contribution in [0.5, 0.6) is 0 Å². The lowest BCUT2D eigenvalue weighted by Crippen LogP contribution is -2.40. The van der Waals surface area contributed by atoms with Crippen molar-refractivity contribution >= 4 is 45.8 Å². The van der Waals surface area contributed by atoms with Crippen molar-refractivity contribution in [1.82, 2.24) is 5.32 Å². The Morgan fingerprint density at radius 1 is 1.32 bits per heavy atom. The molecule has 0 atom stereocenters. The minimum atomic E-state index is -0.0649. The standard InChI is InChI=1S/C13H16BrClN2O.ClH/c14-11-6-1-8(7-12(11)15)13(18)17-10-4-2-9(16)3-5-10;/h1,6-7,9-10H,2-5,16H2,(H,17,18);1H. The molecule has 1 amide bonds. The third kappa shape index (κ3) is 4.63. The van der Waals surface area contributed by atoms with Crippen molar-refractivity contribution in [2.24, 2.45) is 5.73 Å². The third-order valence-electron chi connectivity index (χ3n) is 3.29. The van der Waals surface area contributed by atoms with Crippen LogP contribution in [0.25, 0.3) is 0 Å². The number of rotatable bonds is 2. The molecule has 19 heavy (non-hydrogen) atoms. The number of amides is 1. The van der Waals surface area contributed by atoms with Gasteiger partial charge < -0.3 is 11.1 Å². The molecule has 6 heteroatoms. The Hall–Kier alpha value is -0.290. The lowest BCUT2D eigenvalue weighted by molar-refractivity contribution is 0.0926. The van der Waals surface area contributed by atoms with E-state index in [0.29, 0.717) is 16.6 Å². The van der Waals surface area contributed by atoms with Gasteiger partial charge in [0, 0.05) is 22.1 Å². The lowest BCUT2D eigenvalue weighted by atomic mass is 9.91. The second kappa shape index (κ2) is 7.48. The van der Waals surface area contributed by atoms with Crippen molar-refractivity contribution in [2.75, 3.05) is 0 Å². The zero-order valence-corrected chi connectivity index (χ0v) is 13.5. The van der Waals surface area contributed by atoms with Crippen LogP contribution in [0.3, 0.4) is 0 Å². The average Bonchev–Trinajstić information content (AvgIpc) is 2.35. The number of nitrogens with one attached hydrogen (secondary N) is 1. The van der Waals surface area contributed by atoms with Crippen LogP contribution in [-0.2, 0) is 0 Å². The van der Waals surface area contributed by atoms with E-state index in [0.717, 1.165) is 30.2 Å². The van der Waals surface area contributed by atoms with Crippen LogP contribution in [0.15, 0.2) is 22.7 Å². The Morgan fingerprint density at radius 3 is 2.53 bits per heavy atom. The fourth-order valence-electron chi connectivity index (χ4n) is 2.17. The SMILES string of the molecule is Cl.NC1CCC(NC(=O)c2ccc(Br)c(Cl)c2)CC1. The highest BCUT2D eigenvalue weighted by Gasteiger charge is 2.20. The van der Waals surface area contributed by atoms with Gasteiger partial charge in [-0.3, -0.25) is 4.79 Å². The highest BCUT2D eigenvalue weighted by atomic mass is 79.9. The van der Waals surface area contributed by atoms with Crippen molar-refractivity contribution in [3.63, 3.8) is 0 Å². The van der Waals surface area contributed by atoms with Crippen LogP contribution in [0.2, 0.25) is 5.02 Å². The summed E-state index contributed by atoms with van der Waals surface area (Å²) in [7, 11) is 0. The molecule has 1 aromatic rings. The highest BCUT2D eigenvalue weighted by molar-refractivity contribution is 9.10. The van der Waals surface area contributed by atoms with E-state index in [9.17, 15) is 4.79 Å². The summed E-state index contributed by atoms with van der Waals surface area (Å²) in [4.78, 5) is 12.0. The van der Waals surface area contributed by atoms with Crippen molar-refractivity contribution in [1.29, 1.82) is 0 Å². The number of nitrogens with two attached hydrogens (primary N) is 1. The number of hydrogen-bond acceptors (Lipinski definition) is 2. The summed E-state index contributed by atoms with van der Waals surface area (Å²) in [6.07, 6.45) is 3.87. The van der Waals surface area contributed by atoms with Crippen molar-refractivity contribution in [2.45, 2.75) is 37.8 Å². The van der Waals surface area contributed by atoms with E-state index in [2.05, 4.69) is 21.2 Å². The van der Waals surface area contributed by atoms with Gasteiger partial charge in [0.1, 0.15) is 0 Å². The summed E-state index contributed by atoms with van der Waals surface area (Å²) in [6, 6.07) is 5.75. The molecule has 0 aromatic heterocycles. The molecule has 0 unspecified atom stereocenters. The quantitative estimate of drug-likeness (QED) is 0.840. The molecular formula is C13H17BrCl2N2O. The normalized spacial score (nSPS) is 22.5. The average molecular weight is 368 g/mol. The second-order valence-corrected chi connectivity index (χ2v) is 5.98. The van der Waals surface area contributed by atoms with Crippen molar-refractivity contribution in [3.8, 4) is 0 Å². The van der Waals surface area contributed by atoms with Gasteiger partial charge in [-0.1, -0.05) is 11.6 Å². The van der Waals surface area contributed by atoms with E-state index >= 15 is 0 Å². The molecule has 3 N–H and O–H groups in total. The Labute approximate surface area is 132 Å². The lowest BCUT2D eigenvalue weighted by Gasteiger charge is -2.26. The Kier molecular flexibility index (Phi) is 6.60. The first-order chi connectivity index (χ1) is 8.56. The summed E-state index contributed by atoms with van der Waals surface area (Å²) < 4.78 is 0.796. The van der Waals surface area contributed by atoms with E-state index in [4.69, 9.17) is 17.3 Å². The Balaban J connectivity index is 0.00000180. The topological polar surface area (TPSA) is 55.1 Å². The van der Waals surface area contributed by atoms with E-state index in [-0.39, 0.29) is 24.4 Å². The minimum absolute atomic E-state index is 0. The first-order valence-corrected chi connectivity index (χ1v) is 7.25. The van der Waals surface area contributed by atoms with Crippen LogP contribution in [-0.4, -0.2) is 18.0 Å². The Bertz CT molecular complexity index is 448. The van der Waals surface area contributed by atoms with Gasteiger partial charge in [-0.05, 0) is 59.8 Å². The van der Waals surface area contributed by atoms with Crippen LogP contribution >= 0.6 is 39.9 Å². The number of halogens is 3. The fraction of sp³-hybridized carbons (Fsp3) is 0.462. The van der Waals surface area contributed by atoms with Crippen molar-refractivity contribution in [3.05, 3.63) is 33.3 Å². The largest absolute Gasteiger partial charge is 0.349 e. The maximum Gasteiger partial charge on any atom is 0.251 e. The molecule has 3 nitrogen and oxygen atoms in total. The summed E-state index contributed by atoms with van der Waals surface area (Å²) >= 11 is 9.28. The molecule has 0 bridgehead atoms. The monoisotopic (exact) mass is 366 g/mol. The van der Waals surface area contributed by atoms with Crippen LogP contribution in [0.4, 0.5) is 0 Å². The van der Waals surface area contributed by atoms with E-state index in [1.54, 1.807) is 18.2 Å². The van der Waals surface area contributed by atoms with Gasteiger partial charge in [-0.2, -0.15) is 0 Å². The number of hydrogen-bond donors (Lipinski definition) is 2. The van der Waals surface area contributed by atoms with Gasteiger partial charge in [-0.15, -0.1) is 12.4 Å². The first kappa shape index (κ1) is 16.8. The van der Waals surface area contributed by atoms with Crippen LogP contribution < -0.4 is 11.1 Å². The van der Waals surface area contributed by atoms with Crippen LogP contribution in [0.1, 0.15) is 36.0 Å². The van der Waals surface area contributed by atoms with Crippen molar-refractivity contribution < 1.29 is 4.79 Å². The summed E-state index contributed by atoms with van der Waals surface area (Å²) in [6.45, 7) is 0. The Morgan fingerprint density at radius 2 is 1.95 bits per heavy atom. The zero-order valence-electron chi connectivity index (χ0n) is 10.4. The smallest absolute Gasteiger partial charge is 0.251 e. The number of benzene rings is 1. The summed E-state index contributed by atoms with van der Waals surface area (Å²) in [5.74, 6) is -0.0649. The summed E-state index contributed by atoms with van der Waals surface area (Å²) in [5.41, 5.74) is 6.44. The van der Waals surface area contributed by atoms with Gasteiger partial charge in [-0.25, -0.2) is 0 Å². The maximum absolute atomic E-state index is 12.0. The minimum Gasteiger partial charge on any atom is -0.349 e. The predicted octanol–water partition coefficient (Wildman–Crippen LogP) is 3.52. The molecular weight excluding hydrogens is 351 g/mol. The van der Waals surface area contributed by atoms with E-state index in [1.807, 2.05) is 0 Å². The van der Waals surface area contributed by atoms with Gasteiger partial charge in [0.2, 0.25) is 0 Å². The molecule has 1 fully saturated rings. The van der Waals surface area contributed by atoms with Crippen LogP contribution in [0, 0.1) is 0 Å². The molecule has 0 spiro atoms. The molecule has 1 aliphatic carbocycles. The second-order valence-electron chi connectivity index (χ2n) is 4.71. The van der Waals surface area contributed by atoms with Gasteiger partial charge in [0.15, 0.2) is 0 Å². The highest BCUT2D eigenvalue weighted by Crippen LogP contribution is 2.23. The summed E-state index contributed by atoms with van der Waals surface area (Å²) in [5, 5.41) is 3.58. The molecule has 0 saturated heterocycles. The van der Waals surface area contributed by atoms with E-state index in [1.165, 1.54) is 0 Å². The molecule has 2 rings (SSSR count). The first-order valence-electron chi connectivity index (χ1n) is 6.08. The molecule has 0 radical (unpaired) electrons. The molecule has 106 valence electrons. The predicted molar refractivity (Wildman–Crippen MR) is 84.1 cm³/mol. The third-order valence-corrected chi connectivity index (χ3v) is 4.52. The number of carbonyl (C=O) groups excluding carboxylic acids is 1. The molecule has 0 aliphatic heterocycles. The van der Waals surface area contributed by atoms with Gasteiger partial charge in [0.05, 0.1) is 5.02 Å². The molecule has 1 aliphatic rings. The number of carbonyl (C=O) groups is 1. The molecule has 1 saturated carbocycles. The van der Waals surface area contributed by atoms with Gasteiger partial charge in [0.25, 0.3) is 5.91 Å². The molecule has 0 heterocycles. The maximum atomic E-state index is 12.0.